The molecule has 5 aromatic carbocycles. The average Bonchev–Trinajstić information content (AvgIpc) is 3.50. The molecule has 0 N–H and O–H groups in total. The Hall–Kier alpha value is -5.48. The molecule has 4 nitrogen and oxygen atoms in total. The summed E-state index contributed by atoms with van der Waals surface area (Å²) < 4.78 is 17.0. The lowest BCUT2D eigenvalue weighted by atomic mass is 10.0. The number of hydrogen-bond acceptors (Lipinski definition) is 2. The van der Waals surface area contributed by atoms with Crippen molar-refractivity contribution in [2.45, 2.75) is 0 Å². The van der Waals surface area contributed by atoms with Gasteiger partial charge in [-0.05, 0) is 65.7 Å². The molecule has 0 saturated carbocycles. The van der Waals surface area contributed by atoms with Gasteiger partial charge in [-0.2, -0.15) is 0 Å². The van der Waals surface area contributed by atoms with Gasteiger partial charge in [0.1, 0.15) is 5.76 Å². The lowest BCUT2D eigenvalue weighted by Crippen LogP contribution is -2.10. The smallest absolute Gasteiger partial charge is 0.152 e. The topological polar surface area (TPSA) is 28.3 Å². The minimum atomic E-state index is 0.616. The van der Waals surface area contributed by atoms with Gasteiger partial charge in [-0.3, -0.25) is 0 Å². The van der Waals surface area contributed by atoms with E-state index >= 15 is 0 Å². The molecule has 0 bridgehead atoms. The molecule has 0 spiro atoms. The van der Waals surface area contributed by atoms with Gasteiger partial charge in [0.25, 0.3) is 0 Å². The van der Waals surface area contributed by atoms with Crippen molar-refractivity contribution in [3.8, 4) is 34.1 Å². The van der Waals surface area contributed by atoms with Crippen LogP contribution in [0.3, 0.4) is 0 Å². The molecule has 2 aromatic heterocycles. The summed E-state index contributed by atoms with van der Waals surface area (Å²) in [5, 5.41) is 4.72. The predicted octanol–water partition coefficient (Wildman–Crippen LogP) is 9.60. The average molecular weight is 515 g/mol. The Kier molecular flexibility index (Phi) is 4.05. The zero-order valence-electron chi connectivity index (χ0n) is 21.5. The van der Waals surface area contributed by atoms with Crippen molar-refractivity contribution in [2.75, 3.05) is 0 Å². The number of aromatic nitrogens is 2. The van der Waals surface area contributed by atoms with Gasteiger partial charge in [-0.25, -0.2) is 0 Å². The van der Waals surface area contributed by atoms with Crippen molar-refractivity contribution in [3.05, 3.63) is 128 Å². The number of hydrogen-bond donors (Lipinski definition) is 0. The molecule has 4 heterocycles. The summed E-state index contributed by atoms with van der Waals surface area (Å²) in [6.07, 6.45) is 3.74. The van der Waals surface area contributed by atoms with E-state index in [2.05, 4.69) is 89.0 Å². The van der Waals surface area contributed by atoms with Gasteiger partial charge in [0.15, 0.2) is 17.2 Å². The molecule has 0 unspecified atom stereocenters. The van der Waals surface area contributed by atoms with E-state index in [0.717, 1.165) is 56.1 Å². The third kappa shape index (κ3) is 2.65. The number of para-hydroxylation sites is 4. The Balaban J connectivity index is 1.30. The zero-order chi connectivity index (χ0) is 26.5. The number of benzene rings is 5. The van der Waals surface area contributed by atoms with Crippen LogP contribution in [0.2, 0.25) is 0 Å². The van der Waals surface area contributed by atoms with Crippen molar-refractivity contribution in [3.63, 3.8) is 0 Å². The van der Waals surface area contributed by atoms with E-state index in [9.17, 15) is 0 Å². The van der Waals surface area contributed by atoms with Crippen LogP contribution in [0.5, 0.6) is 17.2 Å². The summed E-state index contributed by atoms with van der Waals surface area (Å²) in [6, 6.07) is 34.2. The molecule has 2 aliphatic rings. The summed E-state index contributed by atoms with van der Waals surface area (Å²) >= 11 is 0. The van der Waals surface area contributed by atoms with E-state index in [1.807, 2.05) is 36.4 Å². The summed E-state index contributed by atoms with van der Waals surface area (Å²) in [5.74, 6) is 3.20. The summed E-state index contributed by atoms with van der Waals surface area (Å²) in [7, 11) is 0. The van der Waals surface area contributed by atoms with Crippen molar-refractivity contribution in [1.82, 2.24) is 9.13 Å². The van der Waals surface area contributed by atoms with E-state index in [-0.39, 0.29) is 0 Å². The van der Waals surface area contributed by atoms with Crippen LogP contribution >= 0.6 is 0 Å². The molecule has 188 valence electrons. The Morgan fingerprint density at radius 1 is 0.575 bits per heavy atom. The standard InChI is InChI=1S/C36H22N2O2/c1-3-8-28-21(2)39-33-13-6-9-24-26-19-22(15-17-29(26)37(28)35(24)33)23-16-18-30-27(20-23)25-10-7-14-34-36(25)38(30)31-11-4-5-12-32(31)40-34/h3-20H,1-2H2/b28-8+. The van der Waals surface area contributed by atoms with Crippen LogP contribution < -0.4 is 9.47 Å². The van der Waals surface area contributed by atoms with Crippen molar-refractivity contribution < 1.29 is 9.47 Å². The van der Waals surface area contributed by atoms with Crippen LogP contribution in [0.4, 0.5) is 0 Å². The SMILES string of the molecule is C=C/C=C1\C(=C)Oc2cccc3c4cc(-c5ccc6c(c5)c5cccc7c5n6-c5ccccc5O7)ccc4n1c23. The fraction of sp³-hybridized carbons (Fsp3) is 0. The van der Waals surface area contributed by atoms with E-state index < -0.39 is 0 Å². The van der Waals surface area contributed by atoms with Crippen LogP contribution in [0.25, 0.3) is 66.1 Å². The third-order valence-electron chi connectivity index (χ3n) is 8.20. The molecule has 0 atom stereocenters. The van der Waals surface area contributed by atoms with Crippen LogP contribution in [-0.2, 0) is 0 Å². The molecule has 40 heavy (non-hydrogen) atoms. The molecule has 9 rings (SSSR count). The Labute approximate surface area is 229 Å². The number of nitrogens with zero attached hydrogens (tertiary/aromatic N) is 2. The van der Waals surface area contributed by atoms with Gasteiger partial charge in [-0.1, -0.05) is 67.8 Å². The van der Waals surface area contributed by atoms with Crippen LogP contribution in [0.15, 0.2) is 128 Å². The minimum absolute atomic E-state index is 0.616. The number of allylic oxidation sites excluding steroid dienone is 3. The van der Waals surface area contributed by atoms with Gasteiger partial charge in [-0.15, -0.1) is 0 Å². The lowest BCUT2D eigenvalue weighted by molar-refractivity contribution is 0.443. The molecule has 4 heteroatoms. The van der Waals surface area contributed by atoms with Gasteiger partial charge in [0.2, 0.25) is 0 Å². The molecule has 0 radical (unpaired) electrons. The van der Waals surface area contributed by atoms with Crippen LogP contribution in [0.1, 0.15) is 0 Å². The minimum Gasteiger partial charge on any atom is -0.454 e. The Morgan fingerprint density at radius 2 is 1.18 bits per heavy atom. The largest absolute Gasteiger partial charge is 0.454 e. The monoisotopic (exact) mass is 514 g/mol. The molecule has 0 aliphatic carbocycles. The first kappa shape index (κ1) is 21.5. The van der Waals surface area contributed by atoms with E-state index in [0.29, 0.717) is 5.76 Å². The molecule has 0 fully saturated rings. The number of rotatable bonds is 2. The second-order valence-electron chi connectivity index (χ2n) is 10.3. The molecule has 0 amide bonds. The molecule has 2 aliphatic heterocycles. The Bertz CT molecular complexity index is 2310. The highest BCUT2D eigenvalue weighted by atomic mass is 16.5. The Morgan fingerprint density at radius 3 is 1.88 bits per heavy atom. The summed E-state index contributed by atoms with van der Waals surface area (Å²) in [4.78, 5) is 0. The van der Waals surface area contributed by atoms with Crippen molar-refractivity contribution in [2.24, 2.45) is 0 Å². The fourth-order valence-corrected chi connectivity index (χ4v) is 6.53. The highest BCUT2D eigenvalue weighted by molar-refractivity contribution is 6.15. The van der Waals surface area contributed by atoms with Crippen LogP contribution in [0, 0.1) is 0 Å². The van der Waals surface area contributed by atoms with E-state index in [1.165, 1.54) is 27.2 Å². The quantitative estimate of drug-likeness (QED) is 0.230. The van der Waals surface area contributed by atoms with Crippen molar-refractivity contribution in [1.29, 1.82) is 0 Å². The summed E-state index contributed by atoms with van der Waals surface area (Å²) in [6.45, 7) is 8.08. The lowest BCUT2D eigenvalue weighted by Gasteiger charge is -2.22. The van der Waals surface area contributed by atoms with Crippen LogP contribution in [-0.4, -0.2) is 9.13 Å². The second-order valence-corrected chi connectivity index (χ2v) is 10.3. The highest BCUT2D eigenvalue weighted by Crippen LogP contribution is 2.47. The maximum atomic E-state index is 6.29. The molecular formula is C36H22N2O2. The van der Waals surface area contributed by atoms with E-state index in [1.54, 1.807) is 6.08 Å². The maximum absolute atomic E-state index is 6.29. The first-order valence-electron chi connectivity index (χ1n) is 13.3. The third-order valence-corrected chi connectivity index (χ3v) is 8.20. The number of fused-ring (bicyclic) bond motifs is 8. The maximum Gasteiger partial charge on any atom is 0.152 e. The fourth-order valence-electron chi connectivity index (χ4n) is 6.53. The molecular weight excluding hydrogens is 492 g/mol. The van der Waals surface area contributed by atoms with E-state index in [4.69, 9.17) is 9.47 Å². The predicted molar refractivity (Wildman–Crippen MR) is 164 cm³/mol. The normalized spacial score (nSPS) is 14.6. The highest BCUT2D eigenvalue weighted by Gasteiger charge is 2.26. The first-order valence-corrected chi connectivity index (χ1v) is 13.3. The van der Waals surface area contributed by atoms with Gasteiger partial charge in [0, 0.05) is 21.5 Å². The first-order chi connectivity index (χ1) is 19.7. The van der Waals surface area contributed by atoms with Gasteiger partial charge >= 0.3 is 0 Å². The van der Waals surface area contributed by atoms with Gasteiger partial charge in [0.05, 0.1) is 33.5 Å². The van der Waals surface area contributed by atoms with Crippen molar-refractivity contribution >= 4 is 49.3 Å². The second kappa shape index (κ2) is 7.55. The molecule has 0 saturated heterocycles. The molecule has 7 aromatic rings. The zero-order valence-corrected chi connectivity index (χ0v) is 21.5. The van der Waals surface area contributed by atoms with Gasteiger partial charge < -0.3 is 18.6 Å². The summed E-state index contributed by atoms with van der Waals surface area (Å²) in [5.41, 5.74) is 8.75. The number of ether oxygens (including phenoxy) is 2.